The zero-order valence-corrected chi connectivity index (χ0v) is 15.6. The molecule has 130 valence electrons. The molecule has 3 aromatic rings. The van der Waals surface area contributed by atoms with Crippen molar-refractivity contribution in [1.82, 2.24) is 9.41 Å². The molecule has 0 bridgehead atoms. The lowest BCUT2D eigenvalue weighted by Gasteiger charge is -2.13. The molecule has 0 radical (unpaired) electrons. The highest BCUT2D eigenvalue weighted by atomic mass is 32.1. The van der Waals surface area contributed by atoms with Crippen molar-refractivity contribution in [2.75, 3.05) is 14.2 Å². The molecule has 0 fully saturated rings. The molecule has 0 aliphatic carbocycles. The van der Waals surface area contributed by atoms with Gasteiger partial charge in [-0.1, -0.05) is 12.1 Å². The van der Waals surface area contributed by atoms with Gasteiger partial charge in [-0.3, -0.25) is 9.80 Å². The molecule has 6 heteroatoms. The van der Waals surface area contributed by atoms with Crippen LogP contribution in [0.2, 0.25) is 0 Å². The molecule has 0 spiro atoms. The molecule has 0 amide bonds. The van der Waals surface area contributed by atoms with E-state index >= 15 is 0 Å². The van der Waals surface area contributed by atoms with Crippen molar-refractivity contribution in [2.24, 2.45) is 5.10 Å². The normalized spacial score (nSPS) is 11.4. The number of fused-ring (bicyclic) bond motifs is 1. The summed E-state index contributed by atoms with van der Waals surface area (Å²) in [5.41, 5.74) is 3.64. The highest BCUT2D eigenvalue weighted by molar-refractivity contribution is 7.17. The lowest BCUT2D eigenvalue weighted by atomic mass is 10.2. The number of thiazole rings is 1. The largest absolute Gasteiger partial charge is 0.497 e. The first-order valence-electron chi connectivity index (χ1n) is 7.97. The topological polar surface area (TPSA) is 46.3 Å². The Morgan fingerprint density at radius 3 is 2.84 bits per heavy atom. The van der Waals surface area contributed by atoms with Gasteiger partial charge in [-0.2, -0.15) is 5.10 Å². The van der Waals surface area contributed by atoms with Crippen LogP contribution in [-0.2, 0) is 6.54 Å². The molecule has 0 atom stereocenters. The minimum absolute atomic E-state index is 0.656. The van der Waals surface area contributed by atoms with Crippen molar-refractivity contribution in [3.05, 3.63) is 57.7 Å². The summed E-state index contributed by atoms with van der Waals surface area (Å²) in [5.74, 6) is 0.831. The maximum absolute atomic E-state index is 11.5. The zero-order chi connectivity index (χ0) is 18.0. The Hall–Kier alpha value is -2.60. The smallest absolute Gasteiger partial charge is 0.152 e. The van der Waals surface area contributed by atoms with Crippen molar-refractivity contribution in [3.63, 3.8) is 0 Å². The molecule has 3 rings (SSSR count). The molecule has 2 heterocycles. The number of carbonyl (C=O) groups is 1. The minimum atomic E-state index is 0.656. The van der Waals surface area contributed by atoms with Crippen LogP contribution in [0.25, 0.3) is 4.83 Å². The maximum atomic E-state index is 11.5. The van der Waals surface area contributed by atoms with Gasteiger partial charge in [0, 0.05) is 34.9 Å². The molecule has 0 saturated carbocycles. The Kier molecular flexibility index (Phi) is 4.90. The van der Waals surface area contributed by atoms with Gasteiger partial charge in [-0.05, 0) is 31.5 Å². The quantitative estimate of drug-likeness (QED) is 0.383. The number of aryl methyl sites for hydroxylation is 2. The molecule has 2 aromatic heterocycles. The third kappa shape index (κ3) is 3.44. The van der Waals surface area contributed by atoms with E-state index in [1.54, 1.807) is 24.7 Å². The van der Waals surface area contributed by atoms with Gasteiger partial charge >= 0.3 is 0 Å². The SMILES string of the molecule is COc1cccc(CN(C)/N=C\c2c(C=O)c(C)n3cc(C)sc23)c1. The van der Waals surface area contributed by atoms with Gasteiger partial charge in [0.2, 0.25) is 0 Å². The number of hydrazone groups is 1. The van der Waals surface area contributed by atoms with Gasteiger partial charge < -0.3 is 9.14 Å². The fraction of sp³-hybridized carbons (Fsp3) is 0.263. The number of hydrogen-bond acceptors (Lipinski definition) is 5. The van der Waals surface area contributed by atoms with Crippen molar-refractivity contribution >= 4 is 28.7 Å². The number of nitrogens with zero attached hydrogens (tertiary/aromatic N) is 3. The molecule has 0 aliphatic heterocycles. The highest BCUT2D eigenvalue weighted by Crippen LogP contribution is 2.27. The maximum Gasteiger partial charge on any atom is 0.152 e. The van der Waals surface area contributed by atoms with Gasteiger partial charge in [0.15, 0.2) is 6.29 Å². The molecule has 1 aromatic carbocycles. The van der Waals surface area contributed by atoms with Crippen LogP contribution >= 0.6 is 11.3 Å². The summed E-state index contributed by atoms with van der Waals surface area (Å²) in [4.78, 5) is 13.8. The van der Waals surface area contributed by atoms with Crippen LogP contribution < -0.4 is 4.74 Å². The number of hydrogen-bond donors (Lipinski definition) is 0. The third-order valence-corrected chi connectivity index (χ3v) is 5.14. The van der Waals surface area contributed by atoms with Crippen LogP contribution in [0.15, 0.2) is 35.6 Å². The summed E-state index contributed by atoms with van der Waals surface area (Å²) < 4.78 is 7.31. The van der Waals surface area contributed by atoms with E-state index in [-0.39, 0.29) is 0 Å². The summed E-state index contributed by atoms with van der Waals surface area (Å²) in [6.45, 7) is 4.68. The Balaban J connectivity index is 1.85. The average Bonchev–Trinajstić information content (AvgIpc) is 3.09. The van der Waals surface area contributed by atoms with E-state index in [0.29, 0.717) is 12.1 Å². The van der Waals surface area contributed by atoms with Gasteiger partial charge in [0.05, 0.1) is 19.9 Å². The molecule has 25 heavy (non-hydrogen) atoms. The zero-order valence-electron chi connectivity index (χ0n) is 14.8. The van der Waals surface area contributed by atoms with Gasteiger partial charge in [-0.25, -0.2) is 0 Å². The first-order valence-corrected chi connectivity index (χ1v) is 8.79. The summed E-state index contributed by atoms with van der Waals surface area (Å²) in [7, 11) is 3.57. The number of aldehydes is 1. The van der Waals surface area contributed by atoms with Crippen LogP contribution in [0.4, 0.5) is 0 Å². The number of ether oxygens (including phenoxy) is 1. The Bertz CT molecular complexity index is 940. The summed E-state index contributed by atoms with van der Waals surface area (Å²) in [5, 5.41) is 6.38. The van der Waals surface area contributed by atoms with E-state index < -0.39 is 0 Å². The summed E-state index contributed by atoms with van der Waals surface area (Å²) in [6.07, 6.45) is 4.75. The minimum Gasteiger partial charge on any atom is -0.497 e. The van der Waals surface area contributed by atoms with Crippen molar-refractivity contribution < 1.29 is 9.53 Å². The highest BCUT2D eigenvalue weighted by Gasteiger charge is 2.15. The van der Waals surface area contributed by atoms with Crippen LogP contribution in [-0.4, -0.2) is 36.1 Å². The van der Waals surface area contributed by atoms with Gasteiger partial charge in [0.1, 0.15) is 10.6 Å². The molecule has 0 aliphatic rings. The summed E-state index contributed by atoms with van der Waals surface area (Å²) >= 11 is 1.67. The van der Waals surface area contributed by atoms with E-state index in [9.17, 15) is 4.79 Å². The number of methoxy groups -OCH3 is 1. The molecule has 5 nitrogen and oxygen atoms in total. The Morgan fingerprint density at radius 2 is 2.12 bits per heavy atom. The fourth-order valence-corrected chi connectivity index (χ4v) is 3.87. The van der Waals surface area contributed by atoms with Crippen molar-refractivity contribution in [3.8, 4) is 5.75 Å². The second kappa shape index (κ2) is 7.11. The lowest BCUT2D eigenvalue weighted by molar-refractivity contribution is 0.112. The standard InChI is InChI=1S/C19H21N3O2S/c1-13-10-22-14(2)18(12-23)17(19(22)25-13)9-20-21(3)11-15-6-5-7-16(8-15)24-4/h5-10,12H,11H2,1-4H3/b20-9-. The van der Waals surface area contributed by atoms with Crippen molar-refractivity contribution in [1.29, 1.82) is 0 Å². The molecular weight excluding hydrogens is 334 g/mol. The number of aromatic nitrogens is 1. The molecule has 0 unspecified atom stereocenters. The predicted octanol–water partition coefficient (Wildman–Crippen LogP) is 3.90. The van der Waals surface area contributed by atoms with Crippen LogP contribution in [0.3, 0.4) is 0 Å². The molecular formula is C19H21N3O2S. The predicted molar refractivity (Wildman–Crippen MR) is 102 cm³/mol. The van der Waals surface area contributed by atoms with E-state index in [2.05, 4.69) is 22.6 Å². The van der Waals surface area contributed by atoms with Gasteiger partial charge in [0.25, 0.3) is 0 Å². The van der Waals surface area contributed by atoms with Crippen molar-refractivity contribution in [2.45, 2.75) is 20.4 Å². The second-order valence-corrected chi connectivity index (χ2v) is 7.19. The van der Waals surface area contributed by atoms with Gasteiger partial charge in [-0.15, -0.1) is 11.3 Å². The van der Waals surface area contributed by atoms with Crippen LogP contribution in [0.5, 0.6) is 5.75 Å². The summed E-state index contributed by atoms with van der Waals surface area (Å²) in [6, 6.07) is 7.91. The number of carbonyl (C=O) groups excluding carboxylic acids is 1. The first kappa shape index (κ1) is 17.2. The van der Waals surface area contributed by atoms with E-state index in [4.69, 9.17) is 4.74 Å². The Morgan fingerprint density at radius 1 is 1.32 bits per heavy atom. The number of benzene rings is 1. The molecule has 0 N–H and O–H groups in total. The van der Waals surface area contributed by atoms with E-state index in [0.717, 1.165) is 33.7 Å². The second-order valence-electron chi connectivity index (χ2n) is 5.96. The van der Waals surface area contributed by atoms with E-state index in [1.807, 2.05) is 43.2 Å². The fourth-order valence-electron chi connectivity index (χ4n) is 2.85. The third-order valence-electron chi connectivity index (χ3n) is 4.11. The van der Waals surface area contributed by atoms with E-state index in [1.165, 1.54) is 4.88 Å². The Labute approximate surface area is 151 Å². The van der Waals surface area contributed by atoms with Crippen LogP contribution in [0.1, 0.15) is 32.1 Å². The van der Waals surface area contributed by atoms with Crippen LogP contribution in [0, 0.1) is 13.8 Å². The monoisotopic (exact) mass is 355 g/mol. The number of rotatable bonds is 6. The lowest BCUT2D eigenvalue weighted by Crippen LogP contribution is -2.11. The first-order chi connectivity index (χ1) is 12.0. The molecule has 0 saturated heterocycles. The average molecular weight is 355 g/mol.